The third-order valence-electron chi connectivity index (χ3n) is 3.03. The lowest BCUT2D eigenvalue weighted by Crippen LogP contribution is -2.09. The van der Waals surface area contributed by atoms with Crippen molar-refractivity contribution >= 4 is 28.8 Å². The van der Waals surface area contributed by atoms with Crippen LogP contribution in [-0.2, 0) is 0 Å². The second-order valence-electron chi connectivity index (χ2n) is 5.09. The molecule has 2 rings (SSSR count). The van der Waals surface area contributed by atoms with Gasteiger partial charge in [-0.2, -0.15) is 0 Å². The number of thiophene rings is 1. The normalized spacial score (nSPS) is 11.1. The first-order chi connectivity index (χ1) is 9.52. The first-order valence-electron chi connectivity index (χ1n) is 6.91. The summed E-state index contributed by atoms with van der Waals surface area (Å²) in [7, 11) is 0. The fourth-order valence-corrected chi connectivity index (χ4v) is 2.98. The zero-order chi connectivity index (χ0) is 14.7. The van der Waals surface area contributed by atoms with Gasteiger partial charge in [-0.25, -0.2) is 9.97 Å². The number of rotatable bonds is 5. The maximum absolute atomic E-state index is 6.05. The fourth-order valence-electron chi connectivity index (χ4n) is 1.89. The average Bonchev–Trinajstić information content (AvgIpc) is 2.83. The SMILES string of the molecule is CCCNc1nc(C(C)C)nc(-c2ccc(Cl)s2)c1C. The molecular formula is C15H20ClN3S. The summed E-state index contributed by atoms with van der Waals surface area (Å²) in [6.45, 7) is 9.34. The molecule has 0 aliphatic rings. The molecule has 2 heterocycles. The van der Waals surface area contributed by atoms with Gasteiger partial charge >= 0.3 is 0 Å². The molecule has 0 aliphatic heterocycles. The molecule has 0 atom stereocenters. The van der Waals surface area contributed by atoms with Crippen LogP contribution >= 0.6 is 22.9 Å². The van der Waals surface area contributed by atoms with Crippen LogP contribution in [0.3, 0.4) is 0 Å². The molecule has 2 aromatic heterocycles. The monoisotopic (exact) mass is 309 g/mol. The van der Waals surface area contributed by atoms with Crippen molar-refractivity contribution in [1.29, 1.82) is 0 Å². The van der Waals surface area contributed by atoms with E-state index in [1.807, 2.05) is 12.1 Å². The zero-order valence-electron chi connectivity index (χ0n) is 12.3. The van der Waals surface area contributed by atoms with Crippen LogP contribution in [0.5, 0.6) is 0 Å². The molecule has 0 radical (unpaired) electrons. The molecule has 0 unspecified atom stereocenters. The highest BCUT2D eigenvalue weighted by molar-refractivity contribution is 7.19. The molecule has 0 bridgehead atoms. The van der Waals surface area contributed by atoms with Crippen molar-refractivity contribution in [3.05, 3.63) is 27.9 Å². The lowest BCUT2D eigenvalue weighted by molar-refractivity contribution is 0.773. The largest absolute Gasteiger partial charge is 0.370 e. The maximum atomic E-state index is 6.05. The van der Waals surface area contributed by atoms with E-state index < -0.39 is 0 Å². The fraction of sp³-hybridized carbons (Fsp3) is 0.467. The van der Waals surface area contributed by atoms with Crippen molar-refractivity contribution in [2.75, 3.05) is 11.9 Å². The molecule has 3 nitrogen and oxygen atoms in total. The molecule has 0 spiro atoms. The van der Waals surface area contributed by atoms with Crippen molar-refractivity contribution in [1.82, 2.24) is 9.97 Å². The third-order valence-corrected chi connectivity index (χ3v) is 4.27. The number of hydrogen-bond acceptors (Lipinski definition) is 4. The van der Waals surface area contributed by atoms with Gasteiger partial charge in [0, 0.05) is 18.0 Å². The Hall–Kier alpha value is -1.13. The summed E-state index contributed by atoms with van der Waals surface area (Å²) in [4.78, 5) is 10.5. The minimum Gasteiger partial charge on any atom is -0.370 e. The van der Waals surface area contributed by atoms with E-state index in [4.69, 9.17) is 16.6 Å². The van der Waals surface area contributed by atoms with Crippen LogP contribution < -0.4 is 5.32 Å². The van der Waals surface area contributed by atoms with E-state index in [0.29, 0.717) is 5.92 Å². The van der Waals surface area contributed by atoms with Crippen molar-refractivity contribution in [2.45, 2.75) is 40.0 Å². The quantitative estimate of drug-likeness (QED) is 0.833. The van der Waals surface area contributed by atoms with E-state index in [9.17, 15) is 0 Å². The predicted octanol–water partition coefficient (Wildman–Crippen LogP) is 5.11. The summed E-state index contributed by atoms with van der Waals surface area (Å²) in [5, 5.41) is 3.40. The topological polar surface area (TPSA) is 37.8 Å². The molecule has 5 heteroatoms. The lowest BCUT2D eigenvalue weighted by Gasteiger charge is -2.14. The second kappa shape index (κ2) is 6.55. The molecule has 1 N–H and O–H groups in total. The number of halogens is 1. The van der Waals surface area contributed by atoms with Gasteiger partial charge in [0.2, 0.25) is 0 Å². The van der Waals surface area contributed by atoms with Crippen LogP contribution in [-0.4, -0.2) is 16.5 Å². The van der Waals surface area contributed by atoms with Gasteiger partial charge in [0.15, 0.2) is 0 Å². The van der Waals surface area contributed by atoms with Gasteiger partial charge in [0.05, 0.1) is 14.9 Å². The van der Waals surface area contributed by atoms with Gasteiger partial charge in [-0.3, -0.25) is 0 Å². The first kappa shape index (κ1) is 15.3. The first-order valence-corrected chi connectivity index (χ1v) is 8.10. The maximum Gasteiger partial charge on any atom is 0.134 e. The molecule has 0 aromatic carbocycles. The summed E-state index contributed by atoms with van der Waals surface area (Å²) in [6.07, 6.45) is 1.07. The molecule has 0 fully saturated rings. The Balaban J connectivity index is 2.51. The summed E-state index contributed by atoms with van der Waals surface area (Å²) in [5.74, 6) is 2.10. The van der Waals surface area contributed by atoms with Gasteiger partial charge in [-0.15, -0.1) is 11.3 Å². The van der Waals surface area contributed by atoms with E-state index in [1.54, 1.807) is 11.3 Å². The minimum absolute atomic E-state index is 0.298. The molecule has 20 heavy (non-hydrogen) atoms. The highest BCUT2D eigenvalue weighted by Gasteiger charge is 2.15. The molecule has 0 saturated carbocycles. The Morgan fingerprint density at radius 1 is 1.30 bits per heavy atom. The van der Waals surface area contributed by atoms with Gasteiger partial charge in [0.25, 0.3) is 0 Å². The smallest absolute Gasteiger partial charge is 0.134 e. The minimum atomic E-state index is 0.298. The number of hydrogen-bond donors (Lipinski definition) is 1. The van der Waals surface area contributed by atoms with Crippen molar-refractivity contribution in [3.63, 3.8) is 0 Å². The number of aromatic nitrogens is 2. The Morgan fingerprint density at radius 2 is 2.05 bits per heavy atom. The van der Waals surface area contributed by atoms with Crippen LogP contribution in [0.25, 0.3) is 10.6 Å². The molecule has 108 valence electrons. The summed E-state index contributed by atoms with van der Waals surface area (Å²) in [5.41, 5.74) is 2.07. The molecule has 0 saturated heterocycles. The molecule has 0 aliphatic carbocycles. The Bertz CT molecular complexity index is 593. The van der Waals surface area contributed by atoms with Crippen LogP contribution in [0.4, 0.5) is 5.82 Å². The van der Waals surface area contributed by atoms with Crippen LogP contribution in [0, 0.1) is 6.92 Å². The van der Waals surface area contributed by atoms with Crippen LogP contribution in [0.2, 0.25) is 4.34 Å². The standard InChI is InChI=1S/C15H20ClN3S/c1-5-8-17-15-10(4)13(11-6-7-12(16)20-11)18-14(19-15)9(2)3/h6-7,9H,5,8H2,1-4H3,(H,17,18,19). The van der Waals surface area contributed by atoms with Crippen molar-refractivity contribution in [2.24, 2.45) is 0 Å². The van der Waals surface area contributed by atoms with Gasteiger partial charge < -0.3 is 5.32 Å². The highest BCUT2D eigenvalue weighted by Crippen LogP contribution is 2.34. The van der Waals surface area contributed by atoms with E-state index in [2.05, 4.69) is 38.0 Å². The zero-order valence-corrected chi connectivity index (χ0v) is 13.9. The van der Waals surface area contributed by atoms with Gasteiger partial charge in [-0.05, 0) is 25.5 Å². The molecular weight excluding hydrogens is 290 g/mol. The van der Waals surface area contributed by atoms with Gasteiger partial charge in [0.1, 0.15) is 11.6 Å². The third kappa shape index (κ3) is 3.30. The Morgan fingerprint density at radius 3 is 2.60 bits per heavy atom. The Labute approximate surface area is 129 Å². The summed E-state index contributed by atoms with van der Waals surface area (Å²) >= 11 is 7.60. The number of nitrogens with one attached hydrogen (secondary N) is 1. The predicted molar refractivity (Wildman–Crippen MR) is 88.0 cm³/mol. The van der Waals surface area contributed by atoms with Gasteiger partial charge in [-0.1, -0.05) is 32.4 Å². The highest BCUT2D eigenvalue weighted by atomic mass is 35.5. The number of nitrogens with zero attached hydrogens (tertiary/aromatic N) is 2. The lowest BCUT2D eigenvalue weighted by atomic mass is 10.1. The van der Waals surface area contributed by atoms with E-state index >= 15 is 0 Å². The second-order valence-corrected chi connectivity index (χ2v) is 6.80. The van der Waals surface area contributed by atoms with Crippen molar-refractivity contribution in [3.8, 4) is 10.6 Å². The number of anilines is 1. The summed E-state index contributed by atoms with van der Waals surface area (Å²) < 4.78 is 0.784. The van der Waals surface area contributed by atoms with E-state index in [-0.39, 0.29) is 0 Å². The van der Waals surface area contributed by atoms with Crippen LogP contribution in [0.1, 0.15) is 44.5 Å². The van der Waals surface area contributed by atoms with E-state index in [0.717, 1.165) is 45.1 Å². The van der Waals surface area contributed by atoms with E-state index in [1.165, 1.54) is 0 Å². The molecule has 2 aromatic rings. The molecule has 0 amide bonds. The van der Waals surface area contributed by atoms with Crippen molar-refractivity contribution < 1.29 is 0 Å². The average molecular weight is 310 g/mol. The Kier molecular flexibility index (Phi) is 5.00. The van der Waals surface area contributed by atoms with Crippen LogP contribution in [0.15, 0.2) is 12.1 Å². The summed E-state index contributed by atoms with van der Waals surface area (Å²) in [6, 6.07) is 3.94.